The number of rotatable bonds is 5. The van der Waals surface area contributed by atoms with Crippen molar-refractivity contribution in [2.24, 2.45) is 0 Å². The van der Waals surface area contributed by atoms with E-state index in [4.69, 9.17) is 16.1 Å². The minimum absolute atomic E-state index is 0.0673. The molecule has 0 aliphatic rings. The molecule has 0 radical (unpaired) electrons. The van der Waals surface area contributed by atoms with E-state index in [1.807, 2.05) is 30.3 Å². The number of halogens is 4. The fourth-order valence-corrected chi connectivity index (χ4v) is 2.65. The van der Waals surface area contributed by atoms with Gasteiger partial charge in [-0.1, -0.05) is 54.0 Å². The fraction of sp³-hybridized carbons (Fsp3) is 0.211. The zero-order valence-corrected chi connectivity index (χ0v) is 15.4. The number of nitrogens with zero attached hydrogens (tertiary/aromatic N) is 2. The predicted molar refractivity (Wildman–Crippen MR) is 96.9 cm³/mol. The van der Waals surface area contributed by atoms with Crippen LogP contribution in [0.2, 0.25) is 5.02 Å². The van der Waals surface area contributed by atoms with Crippen LogP contribution in [0.15, 0.2) is 53.1 Å². The van der Waals surface area contributed by atoms with Crippen LogP contribution in [0.4, 0.5) is 13.2 Å². The first kappa shape index (κ1) is 19.9. The normalized spacial score (nSPS) is 12.6. The molecule has 1 amide bonds. The highest BCUT2D eigenvalue weighted by atomic mass is 35.5. The van der Waals surface area contributed by atoms with Gasteiger partial charge in [-0.15, -0.1) is 0 Å². The second kappa shape index (κ2) is 8.02. The molecule has 146 valence electrons. The summed E-state index contributed by atoms with van der Waals surface area (Å²) in [7, 11) is 0. The number of aromatic nitrogens is 2. The first-order chi connectivity index (χ1) is 13.3. The molecule has 1 unspecified atom stereocenters. The van der Waals surface area contributed by atoms with E-state index in [2.05, 4.69) is 15.5 Å². The molecule has 0 bridgehead atoms. The van der Waals surface area contributed by atoms with Gasteiger partial charge in [0.1, 0.15) is 0 Å². The van der Waals surface area contributed by atoms with Gasteiger partial charge in [-0.3, -0.25) is 4.79 Å². The molecule has 1 heterocycles. The molecule has 5 nitrogen and oxygen atoms in total. The second-order valence-electron chi connectivity index (χ2n) is 6.13. The average Bonchev–Trinajstić information content (AvgIpc) is 3.16. The Labute approximate surface area is 163 Å². The number of benzene rings is 2. The number of nitrogens with one attached hydrogen (secondary N) is 1. The highest BCUT2D eigenvalue weighted by Gasteiger charge is 2.31. The van der Waals surface area contributed by atoms with Crippen LogP contribution >= 0.6 is 11.6 Å². The van der Waals surface area contributed by atoms with Crippen molar-refractivity contribution in [3.8, 4) is 11.4 Å². The molecule has 0 fully saturated rings. The number of hydrogen-bond acceptors (Lipinski definition) is 4. The molecule has 1 N–H and O–H groups in total. The molecular weight excluding hydrogens is 395 g/mol. The third kappa shape index (κ3) is 4.51. The summed E-state index contributed by atoms with van der Waals surface area (Å²) in [4.78, 5) is 16.6. The number of carbonyl (C=O) groups is 1. The van der Waals surface area contributed by atoms with Crippen molar-refractivity contribution < 1.29 is 22.5 Å². The third-order valence-corrected chi connectivity index (χ3v) is 4.33. The zero-order chi connectivity index (χ0) is 20.3. The topological polar surface area (TPSA) is 68.0 Å². The van der Waals surface area contributed by atoms with Crippen molar-refractivity contribution in [1.29, 1.82) is 0 Å². The Morgan fingerprint density at radius 3 is 2.61 bits per heavy atom. The lowest BCUT2D eigenvalue weighted by Gasteiger charge is -2.12. The van der Waals surface area contributed by atoms with Gasteiger partial charge < -0.3 is 9.84 Å². The summed E-state index contributed by atoms with van der Waals surface area (Å²) in [5.74, 6) is -0.353. The van der Waals surface area contributed by atoms with E-state index in [1.54, 1.807) is 6.92 Å². The van der Waals surface area contributed by atoms with E-state index in [0.717, 1.165) is 23.8 Å². The van der Waals surface area contributed by atoms with Crippen molar-refractivity contribution in [1.82, 2.24) is 15.5 Å². The van der Waals surface area contributed by atoms with Gasteiger partial charge in [-0.05, 0) is 18.2 Å². The Bertz CT molecular complexity index is 974. The van der Waals surface area contributed by atoms with Crippen LogP contribution in [0, 0.1) is 0 Å². The predicted octanol–water partition coefficient (Wildman–Crippen LogP) is 4.94. The molecule has 3 aromatic rings. The molecule has 0 aliphatic heterocycles. The van der Waals surface area contributed by atoms with Crippen LogP contribution in [-0.4, -0.2) is 22.6 Å². The molecule has 28 heavy (non-hydrogen) atoms. The summed E-state index contributed by atoms with van der Waals surface area (Å²) >= 11 is 5.88. The van der Waals surface area contributed by atoms with Crippen LogP contribution < -0.4 is 5.32 Å². The Balaban J connectivity index is 1.67. The fourth-order valence-electron chi connectivity index (χ4n) is 2.44. The lowest BCUT2D eigenvalue weighted by Crippen LogP contribution is -2.28. The maximum Gasteiger partial charge on any atom is 0.416 e. The summed E-state index contributed by atoms with van der Waals surface area (Å²) in [6.45, 7) is 1.83. The van der Waals surface area contributed by atoms with Gasteiger partial charge in [0.05, 0.1) is 22.1 Å². The first-order valence-electron chi connectivity index (χ1n) is 8.29. The largest absolute Gasteiger partial charge is 0.416 e. The van der Waals surface area contributed by atoms with Crippen molar-refractivity contribution in [2.75, 3.05) is 6.54 Å². The Hall–Kier alpha value is -2.87. The van der Waals surface area contributed by atoms with E-state index in [-0.39, 0.29) is 23.0 Å². The van der Waals surface area contributed by atoms with Crippen LogP contribution in [0.25, 0.3) is 11.4 Å². The van der Waals surface area contributed by atoms with Crippen LogP contribution in [0.5, 0.6) is 0 Å². The van der Waals surface area contributed by atoms with E-state index < -0.39 is 17.6 Å². The van der Waals surface area contributed by atoms with Crippen molar-refractivity contribution in [3.05, 3.63) is 70.6 Å². The molecule has 0 spiro atoms. The van der Waals surface area contributed by atoms with Crippen molar-refractivity contribution >= 4 is 17.5 Å². The summed E-state index contributed by atoms with van der Waals surface area (Å²) in [5, 5.41) is 6.38. The minimum Gasteiger partial charge on any atom is -0.351 e. The lowest BCUT2D eigenvalue weighted by atomic mass is 10.1. The Morgan fingerprint density at radius 2 is 1.93 bits per heavy atom. The summed E-state index contributed by atoms with van der Waals surface area (Å²) in [5.41, 5.74) is -0.414. The van der Waals surface area contributed by atoms with Gasteiger partial charge in [0.25, 0.3) is 5.91 Å². The van der Waals surface area contributed by atoms with Crippen molar-refractivity contribution in [2.45, 2.75) is 19.0 Å². The molecule has 0 saturated heterocycles. The molecule has 1 atom stereocenters. The lowest BCUT2D eigenvalue weighted by molar-refractivity contribution is -0.137. The van der Waals surface area contributed by atoms with E-state index >= 15 is 0 Å². The summed E-state index contributed by atoms with van der Waals surface area (Å²) in [6.07, 6.45) is -4.56. The number of carbonyl (C=O) groups excluding carboxylic acids is 1. The highest BCUT2D eigenvalue weighted by Crippen LogP contribution is 2.31. The smallest absolute Gasteiger partial charge is 0.351 e. The molecule has 2 aromatic carbocycles. The van der Waals surface area contributed by atoms with E-state index in [9.17, 15) is 18.0 Å². The summed E-state index contributed by atoms with van der Waals surface area (Å²) in [6, 6.07) is 11.8. The average molecular weight is 410 g/mol. The molecule has 1 aromatic heterocycles. The molecule has 0 aliphatic carbocycles. The monoisotopic (exact) mass is 409 g/mol. The SMILES string of the molecule is CC(CNC(=O)c1cc(C(F)(F)F)ccc1Cl)c1nc(-c2ccccc2)no1. The molecule has 3 rings (SSSR count). The number of alkyl halides is 3. The molecule has 9 heteroatoms. The van der Waals surface area contributed by atoms with E-state index in [1.165, 1.54) is 0 Å². The number of hydrogen-bond donors (Lipinski definition) is 1. The van der Waals surface area contributed by atoms with Gasteiger partial charge in [0.15, 0.2) is 0 Å². The first-order valence-corrected chi connectivity index (χ1v) is 8.67. The zero-order valence-electron chi connectivity index (χ0n) is 14.6. The van der Waals surface area contributed by atoms with Crippen molar-refractivity contribution in [3.63, 3.8) is 0 Å². The maximum atomic E-state index is 12.8. The van der Waals surface area contributed by atoms with Gasteiger partial charge in [-0.25, -0.2) is 0 Å². The highest BCUT2D eigenvalue weighted by molar-refractivity contribution is 6.33. The van der Waals surface area contributed by atoms with E-state index in [0.29, 0.717) is 11.7 Å². The molecule has 0 saturated carbocycles. The summed E-state index contributed by atoms with van der Waals surface area (Å²) < 4.78 is 43.7. The second-order valence-corrected chi connectivity index (χ2v) is 6.53. The minimum atomic E-state index is -4.56. The standard InChI is InChI=1S/C19H15ClF3N3O2/c1-11(18-25-16(26-28-18)12-5-3-2-4-6-12)10-24-17(27)14-9-13(19(21,22)23)7-8-15(14)20/h2-9,11H,10H2,1H3,(H,24,27). The maximum absolute atomic E-state index is 12.8. The van der Waals surface area contributed by atoms with Gasteiger partial charge in [0, 0.05) is 12.1 Å². The molecular formula is C19H15ClF3N3O2. The van der Waals surface area contributed by atoms with Gasteiger partial charge in [-0.2, -0.15) is 18.2 Å². The Kier molecular flexibility index (Phi) is 5.69. The van der Waals surface area contributed by atoms with Crippen LogP contribution in [0.1, 0.15) is 34.7 Å². The quantitative estimate of drug-likeness (QED) is 0.648. The van der Waals surface area contributed by atoms with Crippen LogP contribution in [0.3, 0.4) is 0 Å². The third-order valence-electron chi connectivity index (χ3n) is 4.00. The van der Waals surface area contributed by atoms with Gasteiger partial charge in [0.2, 0.25) is 11.7 Å². The number of amides is 1. The van der Waals surface area contributed by atoms with Gasteiger partial charge >= 0.3 is 6.18 Å². The van der Waals surface area contributed by atoms with Crippen LogP contribution in [-0.2, 0) is 6.18 Å². The Morgan fingerprint density at radius 1 is 1.21 bits per heavy atom.